The number of hydrogen-bond acceptors (Lipinski definition) is 6. The van der Waals surface area contributed by atoms with Crippen molar-refractivity contribution in [2.45, 2.75) is 102 Å². The van der Waals surface area contributed by atoms with Crippen LogP contribution < -0.4 is 10.6 Å². The predicted molar refractivity (Wildman–Crippen MR) is 178 cm³/mol. The van der Waals surface area contributed by atoms with E-state index in [2.05, 4.69) is 27.4 Å². The maximum absolute atomic E-state index is 13.8. The summed E-state index contributed by atoms with van der Waals surface area (Å²) in [5.74, 6) is 3.44. The molecule has 248 valence electrons. The average Bonchev–Trinajstić information content (AvgIpc) is 3.05. The van der Waals surface area contributed by atoms with Gasteiger partial charge in [-0.3, -0.25) is 14.4 Å². The maximum Gasteiger partial charge on any atom is 0.242 e. The van der Waals surface area contributed by atoms with Crippen LogP contribution in [0.1, 0.15) is 76.7 Å². The first-order valence-corrected chi connectivity index (χ1v) is 16.4. The molecule has 1 fully saturated rings. The summed E-state index contributed by atoms with van der Waals surface area (Å²) in [6, 6.07) is 7.75. The summed E-state index contributed by atoms with van der Waals surface area (Å²) in [5, 5.41) is 27.3. The van der Waals surface area contributed by atoms with Gasteiger partial charge in [0.2, 0.25) is 17.7 Å². The Morgan fingerprint density at radius 2 is 1.67 bits per heavy atom. The quantitative estimate of drug-likeness (QED) is 0.176. The molecular formula is C36H54N4O5. The number of carbonyl (C=O) groups excluding carboxylic acids is 3. The minimum absolute atomic E-state index is 0.0160. The molecule has 1 aliphatic carbocycles. The zero-order valence-corrected chi connectivity index (χ0v) is 27.4. The van der Waals surface area contributed by atoms with E-state index in [1.54, 1.807) is 11.9 Å². The number of hydrogen-bond donors (Lipinski definition) is 4. The Kier molecular flexibility index (Phi) is 17.3. The van der Waals surface area contributed by atoms with Crippen LogP contribution in [-0.2, 0) is 20.8 Å². The fourth-order valence-corrected chi connectivity index (χ4v) is 5.77. The van der Waals surface area contributed by atoms with Crippen LogP contribution in [0.4, 0.5) is 0 Å². The first-order valence-electron chi connectivity index (χ1n) is 16.4. The number of terminal acetylenes is 2. The van der Waals surface area contributed by atoms with E-state index >= 15 is 0 Å². The zero-order valence-electron chi connectivity index (χ0n) is 27.4. The summed E-state index contributed by atoms with van der Waals surface area (Å²) in [6.07, 6.45) is 14.9. The van der Waals surface area contributed by atoms with Crippen molar-refractivity contribution in [1.82, 2.24) is 20.4 Å². The Balaban J connectivity index is 2.23. The van der Waals surface area contributed by atoms with Gasteiger partial charge in [-0.05, 0) is 44.3 Å². The van der Waals surface area contributed by atoms with E-state index in [1.807, 2.05) is 44.3 Å². The molecule has 1 aromatic rings. The maximum atomic E-state index is 13.8. The SMILES string of the molecule is C#CCCC(NC(=O)C(CC(=O)N(C)CCN(C)CC)Cc1ccccc1)C(=O)NC(CC1CCCCC1)C(O)C(O)CC#C. The molecule has 9 nitrogen and oxygen atoms in total. The lowest BCUT2D eigenvalue weighted by Gasteiger charge is -2.33. The molecule has 1 aromatic carbocycles. The highest BCUT2D eigenvalue weighted by atomic mass is 16.3. The van der Waals surface area contributed by atoms with Crippen molar-refractivity contribution in [2.75, 3.05) is 33.7 Å². The Bertz CT molecular complexity index is 1120. The van der Waals surface area contributed by atoms with Gasteiger partial charge in [-0.15, -0.1) is 24.7 Å². The lowest BCUT2D eigenvalue weighted by atomic mass is 9.82. The van der Waals surface area contributed by atoms with Crippen LogP contribution >= 0.6 is 0 Å². The van der Waals surface area contributed by atoms with Gasteiger partial charge in [0.1, 0.15) is 12.1 Å². The Hall–Kier alpha value is -3.37. The van der Waals surface area contributed by atoms with Gasteiger partial charge < -0.3 is 30.6 Å². The Labute approximate surface area is 270 Å². The standard InChI is InChI=1S/C36H54N4O5/c1-6-9-21-30(36(45)38-31(34(43)32(41)16-7-2)25-28-19-14-11-15-20-28)37-35(44)29(24-27-17-12-10-13-18-27)26-33(42)40(5)23-22-39(4)8-3/h1-2,10,12-13,17-18,28-32,34,41,43H,8-9,11,14-16,19-26H2,3-5H3,(H,37,44)(H,38,45). The van der Waals surface area contributed by atoms with Crippen molar-refractivity contribution in [2.24, 2.45) is 11.8 Å². The van der Waals surface area contributed by atoms with Crippen molar-refractivity contribution in [3.63, 3.8) is 0 Å². The fraction of sp³-hybridized carbons (Fsp3) is 0.639. The molecule has 1 aliphatic rings. The van der Waals surface area contributed by atoms with Gasteiger partial charge in [0, 0.05) is 39.4 Å². The number of aliphatic hydroxyl groups is 2. The third-order valence-corrected chi connectivity index (χ3v) is 8.88. The van der Waals surface area contributed by atoms with Gasteiger partial charge in [0.25, 0.3) is 0 Å². The normalized spacial score (nSPS) is 16.8. The largest absolute Gasteiger partial charge is 0.389 e. The summed E-state index contributed by atoms with van der Waals surface area (Å²) in [5.41, 5.74) is 0.904. The van der Waals surface area contributed by atoms with E-state index in [1.165, 1.54) is 0 Å². The van der Waals surface area contributed by atoms with E-state index in [4.69, 9.17) is 12.8 Å². The summed E-state index contributed by atoms with van der Waals surface area (Å²) in [7, 11) is 3.72. The molecule has 3 amide bonds. The molecule has 5 unspecified atom stereocenters. The lowest BCUT2D eigenvalue weighted by Crippen LogP contribution is -2.56. The zero-order chi connectivity index (χ0) is 33.2. The first-order chi connectivity index (χ1) is 21.6. The summed E-state index contributed by atoms with van der Waals surface area (Å²) in [4.78, 5) is 44.5. The van der Waals surface area contributed by atoms with Crippen LogP contribution in [0, 0.1) is 36.5 Å². The number of nitrogens with zero attached hydrogens (tertiary/aromatic N) is 2. The van der Waals surface area contributed by atoms with Gasteiger partial charge in [-0.25, -0.2) is 0 Å². The summed E-state index contributed by atoms with van der Waals surface area (Å²) in [6.45, 7) is 4.16. The molecule has 0 heterocycles. The number of rotatable bonds is 19. The smallest absolute Gasteiger partial charge is 0.242 e. The molecule has 0 spiro atoms. The molecule has 0 saturated heterocycles. The molecule has 2 rings (SSSR count). The van der Waals surface area contributed by atoms with Gasteiger partial charge in [-0.2, -0.15) is 0 Å². The highest BCUT2D eigenvalue weighted by Gasteiger charge is 2.34. The van der Waals surface area contributed by atoms with Crippen molar-refractivity contribution in [1.29, 1.82) is 0 Å². The molecule has 0 bridgehead atoms. The Morgan fingerprint density at radius 1 is 0.978 bits per heavy atom. The molecule has 9 heteroatoms. The van der Waals surface area contributed by atoms with E-state index in [-0.39, 0.29) is 31.6 Å². The van der Waals surface area contributed by atoms with Crippen LogP contribution in [0.15, 0.2) is 30.3 Å². The number of amides is 3. The van der Waals surface area contributed by atoms with E-state index in [9.17, 15) is 24.6 Å². The summed E-state index contributed by atoms with van der Waals surface area (Å²) < 4.78 is 0. The van der Waals surface area contributed by atoms with E-state index in [0.29, 0.717) is 31.8 Å². The van der Waals surface area contributed by atoms with Crippen LogP contribution in [0.2, 0.25) is 0 Å². The van der Waals surface area contributed by atoms with Gasteiger partial charge in [0.15, 0.2) is 0 Å². The summed E-state index contributed by atoms with van der Waals surface area (Å²) >= 11 is 0. The van der Waals surface area contributed by atoms with Gasteiger partial charge >= 0.3 is 0 Å². The number of benzene rings is 1. The van der Waals surface area contributed by atoms with Gasteiger partial charge in [0.05, 0.1) is 18.1 Å². The third kappa shape index (κ3) is 13.7. The lowest BCUT2D eigenvalue weighted by molar-refractivity contribution is -0.137. The van der Waals surface area contributed by atoms with E-state index in [0.717, 1.165) is 44.2 Å². The average molecular weight is 623 g/mol. The third-order valence-electron chi connectivity index (χ3n) is 8.88. The highest BCUT2D eigenvalue weighted by molar-refractivity contribution is 5.91. The number of likely N-dealkylation sites (N-methyl/N-ethyl adjacent to an activating group) is 2. The number of carbonyl (C=O) groups is 3. The van der Waals surface area contributed by atoms with Crippen molar-refractivity contribution in [3.8, 4) is 24.7 Å². The molecule has 1 saturated carbocycles. The van der Waals surface area contributed by atoms with Crippen molar-refractivity contribution < 1.29 is 24.6 Å². The van der Waals surface area contributed by atoms with Crippen LogP contribution in [0.3, 0.4) is 0 Å². The van der Waals surface area contributed by atoms with Crippen LogP contribution in [-0.4, -0.2) is 95.8 Å². The highest BCUT2D eigenvalue weighted by Crippen LogP contribution is 2.28. The topological polar surface area (TPSA) is 122 Å². The molecule has 0 radical (unpaired) electrons. The molecule has 0 aromatic heterocycles. The molecular weight excluding hydrogens is 568 g/mol. The van der Waals surface area contributed by atoms with Crippen LogP contribution in [0.25, 0.3) is 0 Å². The number of nitrogens with one attached hydrogen (secondary N) is 2. The van der Waals surface area contributed by atoms with Gasteiger partial charge in [-0.1, -0.05) is 69.4 Å². The Morgan fingerprint density at radius 3 is 2.29 bits per heavy atom. The van der Waals surface area contributed by atoms with Crippen LogP contribution in [0.5, 0.6) is 0 Å². The fourth-order valence-electron chi connectivity index (χ4n) is 5.77. The second-order valence-corrected chi connectivity index (χ2v) is 12.4. The molecule has 5 atom stereocenters. The molecule has 4 N–H and O–H groups in total. The minimum atomic E-state index is -1.26. The second kappa shape index (κ2) is 20.6. The van der Waals surface area contributed by atoms with Crippen molar-refractivity contribution in [3.05, 3.63) is 35.9 Å². The first kappa shape index (κ1) is 37.8. The number of aliphatic hydroxyl groups excluding tert-OH is 2. The van der Waals surface area contributed by atoms with E-state index < -0.39 is 42.0 Å². The molecule has 45 heavy (non-hydrogen) atoms. The minimum Gasteiger partial charge on any atom is -0.389 e. The monoisotopic (exact) mass is 622 g/mol. The molecule has 0 aliphatic heterocycles. The van der Waals surface area contributed by atoms with Crippen molar-refractivity contribution >= 4 is 17.7 Å². The predicted octanol–water partition coefficient (Wildman–Crippen LogP) is 2.74. The second-order valence-electron chi connectivity index (χ2n) is 12.4.